The average molecular weight is 200 g/mol. The monoisotopic (exact) mass is 200 g/mol. The number of hydrogen-bond acceptors (Lipinski definition) is 3. The van der Waals surface area contributed by atoms with Gasteiger partial charge in [0, 0.05) is 33.9 Å². The third-order valence-corrected chi connectivity index (χ3v) is 2.28. The lowest BCUT2D eigenvalue weighted by Crippen LogP contribution is -2.26. The molecule has 0 saturated heterocycles. The first kappa shape index (κ1) is 13.9. The van der Waals surface area contributed by atoms with Gasteiger partial charge in [-0.3, -0.25) is 0 Å². The molecule has 2 radical (unpaired) electrons. The van der Waals surface area contributed by atoms with Crippen LogP contribution in [0.25, 0.3) is 0 Å². The van der Waals surface area contributed by atoms with E-state index in [9.17, 15) is 0 Å². The highest BCUT2D eigenvalue weighted by Crippen LogP contribution is 2.18. The second-order valence-electron chi connectivity index (χ2n) is 3.66. The molecule has 0 aliphatic carbocycles. The van der Waals surface area contributed by atoms with Crippen LogP contribution in [-0.4, -0.2) is 48.5 Å². The lowest BCUT2D eigenvalue weighted by Gasteiger charge is -2.24. The zero-order chi connectivity index (χ0) is 11.0. The largest absolute Gasteiger partial charge is 0.385 e. The zero-order valence-electron chi connectivity index (χ0n) is 9.66. The molecule has 3 nitrogen and oxygen atoms in total. The number of hydrogen-bond donors (Lipinski definition) is 0. The highest BCUT2D eigenvalue weighted by molar-refractivity contribution is 6.11. The molecular weight excluding hydrogens is 179 g/mol. The predicted octanol–water partition coefficient (Wildman–Crippen LogP) is 1.28. The van der Waals surface area contributed by atoms with E-state index in [1.807, 2.05) is 0 Å². The molecule has 0 aliphatic heterocycles. The third-order valence-electron chi connectivity index (χ3n) is 2.28. The highest BCUT2D eigenvalue weighted by atomic mass is 16.5. The van der Waals surface area contributed by atoms with Crippen LogP contribution in [0.5, 0.6) is 0 Å². The van der Waals surface area contributed by atoms with E-state index in [-0.39, 0.29) is 11.9 Å². The van der Waals surface area contributed by atoms with Crippen LogP contribution in [0.15, 0.2) is 0 Å². The van der Waals surface area contributed by atoms with Crippen LogP contribution < -0.4 is 0 Å². The molecule has 0 heterocycles. The first-order valence-corrected chi connectivity index (χ1v) is 4.91. The summed E-state index contributed by atoms with van der Waals surface area (Å²) >= 11 is 0. The van der Waals surface area contributed by atoms with Gasteiger partial charge < -0.3 is 14.2 Å². The maximum Gasteiger partial charge on any atom is 0.0732 e. The van der Waals surface area contributed by atoms with Crippen molar-refractivity contribution in [2.75, 3.05) is 34.5 Å². The molecule has 4 heteroatoms. The fourth-order valence-electron chi connectivity index (χ4n) is 1.51. The van der Waals surface area contributed by atoms with Crippen molar-refractivity contribution >= 4 is 7.85 Å². The lowest BCUT2D eigenvalue weighted by atomic mass is 9.81. The highest BCUT2D eigenvalue weighted by Gasteiger charge is 2.19. The zero-order valence-corrected chi connectivity index (χ0v) is 9.66. The molecule has 0 aliphatic rings. The summed E-state index contributed by atoms with van der Waals surface area (Å²) in [7, 11) is 10.9. The van der Waals surface area contributed by atoms with E-state index in [0.29, 0.717) is 19.1 Å². The lowest BCUT2D eigenvalue weighted by molar-refractivity contribution is 0.0124. The van der Waals surface area contributed by atoms with Gasteiger partial charge in [-0.25, -0.2) is 0 Å². The molecule has 0 N–H and O–H groups in total. The van der Waals surface area contributed by atoms with Gasteiger partial charge in [0.1, 0.15) is 0 Å². The summed E-state index contributed by atoms with van der Waals surface area (Å²) in [5.41, 5.74) is 0. The smallest absolute Gasteiger partial charge is 0.0732 e. The van der Waals surface area contributed by atoms with Crippen LogP contribution in [0, 0.1) is 5.92 Å². The summed E-state index contributed by atoms with van der Waals surface area (Å²) in [4.78, 5) is 0. The molecule has 0 aromatic carbocycles. The number of ether oxygens (including phenoxy) is 3. The summed E-state index contributed by atoms with van der Waals surface area (Å²) in [6.07, 6.45) is 0.939. The van der Waals surface area contributed by atoms with Crippen LogP contribution >= 0.6 is 0 Å². The van der Waals surface area contributed by atoms with Gasteiger partial charge in [-0.1, -0.05) is 12.7 Å². The Kier molecular flexibility index (Phi) is 8.24. The van der Waals surface area contributed by atoms with Gasteiger partial charge in [-0.05, 0) is 6.42 Å². The van der Waals surface area contributed by atoms with Crippen molar-refractivity contribution in [2.45, 2.75) is 25.3 Å². The molecule has 3 atom stereocenters. The van der Waals surface area contributed by atoms with E-state index < -0.39 is 0 Å². The van der Waals surface area contributed by atoms with Crippen molar-refractivity contribution in [2.24, 2.45) is 5.92 Å². The van der Waals surface area contributed by atoms with Gasteiger partial charge in [0.15, 0.2) is 0 Å². The Labute approximate surface area is 88.5 Å². The van der Waals surface area contributed by atoms with Crippen molar-refractivity contribution in [3.05, 3.63) is 0 Å². The van der Waals surface area contributed by atoms with Crippen LogP contribution in [0.2, 0.25) is 5.82 Å². The Morgan fingerprint density at radius 3 is 2.07 bits per heavy atom. The van der Waals surface area contributed by atoms with Crippen LogP contribution in [0.4, 0.5) is 0 Å². The normalized spacial score (nSPS) is 17.7. The Morgan fingerprint density at radius 1 is 1.07 bits per heavy atom. The van der Waals surface area contributed by atoms with Crippen molar-refractivity contribution < 1.29 is 14.2 Å². The maximum atomic E-state index is 5.85. The van der Waals surface area contributed by atoms with Crippen molar-refractivity contribution in [1.82, 2.24) is 0 Å². The van der Waals surface area contributed by atoms with E-state index in [1.54, 1.807) is 21.3 Å². The Bertz CT molecular complexity index is 133. The summed E-state index contributed by atoms with van der Waals surface area (Å²) in [5, 5.41) is 0. The van der Waals surface area contributed by atoms with E-state index in [4.69, 9.17) is 22.1 Å². The van der Waals surface area contributed by atoms with E-state index >= 15 is 0 Å². The van der Waals surface area contributed by atoms with Gasteiger partial charge in [-0.2, -0.15) is 0 Å². The molecule has 14 heavy (non-hydrogen) atoms. The first-order chi connectivity index (χ1) is 6.65. The van der Waals surface area contributed by atoms with Crippen molar-refractivity contribution in [1.29, 1.82) is 0 Å². The molecule has 0 saturated carbocycles. The van der Waals surface area contributed by atoms with Crippen LogP contribution in [0.3, 0.4) is 0 Å². The number of methoxy groups -OCH3 is 3. The standard InChI is InChI=1S/C10H21BO3/c1-8(6-12-2)10(14-4)5-9(11)7-13-3/h8-10H,5-7H2,1-4H3/t8?,9-,10?/m1/s1. The maximum absolute atomic E-state index is 5.85. The van der Waals surface area contributed by atoms with E-state index in [0.717, 1.165) is 6.42 Å². The molecule has 0 rings (SSSR count). The summed E-state index contributed by atoms with van der Waals surface area (Å²) in [5.74, 6) is 0.386. The molecule has 0 spiro atoms. The molecule has 0 aromatic heterocycles. The molecular formula is C10H21BO3. The fraction of sp³-hybridized carbons (Fsp3) is 1.00. The van der Waals surface area contributed by atoms with Crippen molar-refractivity contribution in [3.63, 3.8) is 0 Å². The molecule has 0 aromatic rings. The van der Waals surface area contributed by atoms with Gasteiger partial charge in [0.25, 0.3) is 0 Å². The molecule has 0 fully saturated rings. The van der Waals surface area contributed by atoms with Crippen LogP contribution in [0.1, 0.15) is 13.3 Å². The van der Waals surface area contributed by atoms with Crippen LogP contribution in [-0.2, 0) is 14.2 Å². The predicted molar refractivity (Wildman–Crippen MR) is 57.8 cm³/mol. The quantitative estimate of drug-likeness (QED) is 0.552. The average Bonchev–Trinajstić information content (AvgIpc) is 2.15. The molecule has 82 valence electrons. The third kappa shape index (κ3) is 5.63. The van der Waals surface area contributed by atoms with Gasteiger partial charge >= 0.3 is 0 Å². The minimum absolute atomic E-state index is 0.0317. The Balaban J connectivity index is 3.87. The van der Waals surface area contributed by atoms with Gasteiger partial charge in [-0.15, -0.1) is 0 Å². The SMILES string of the molecule is [B][C@@H](COC)CC(OC)C(C)COC. The van der Waals surface area contributed by atoms with E-state index in [2.05, 4.69) is 6.92 Å². The van der Waals surface area contributed by atoms with Gasteiger partial charge in [0.2, 0.25) is 0 Å². The molecule has 0 bridgehead atoms. The summed E-state index contributed by atoms with van der Waals surface area (Å²) in [6.45, 7) is 3.36. The molecule has 2 unspecified atom stereocenters. The van der Waals surface area contributed by atoms with E-state index in [1.165, 1.54) is 0 Å². The summed E-state index contributed by atoms with van der Waals surface area (Å²) < 4.78 is 15.4. The molecule has 0 amide bonds. The topological polar surface area (TPSA) is 27.7 Å². The second-order valence-corrected chi connectivity index (χ2v) is 3.66. The minimum Gasteiger partial charge on any atom is -0.385 e. The first-order valence-electron chi connectivity index (χ1n) is 4.91. The Morgan fingerprint density at radius 2 is 1.64 bits per heavy atom. The minimum atomic E-state index is 0.0317. The second kappa shape index (κ2) is 8.27. The summed E-state index contributed by atoms with van der Waals surface area (Å²) in [6, 6.07) is 0. The Hall–Kier alpha value is -0.0551. The number of rotatable bonds is 8. The van der Waals surface area contributed by atoms with Gasteiger partial charge in [0.05, 0.1) is 20.6 Å². The van der Waals surface area contributed by atoms with Crippen molar-refractivity contribution in [3.8, 4) is 0 Å². The fourth-order valence-corrected chi connectivity index (χ4v) is 1.51.